The fraction of sp³-hybridized carbons (Fsp3) is 1.00. The van der Waals surface area contributed by atoms with Crippen molar-refractivity contribution in [2.45, 2.75) is 38.0 Å². The molecule has 0 spiro atoms. The average Bonchev–Trinajstić information content (AvgIpc) is 1.96. The van der Waals surface area contributed by atoms with Crippen molar-refractivity contribution in [3.8, 4) is 0 Å². The Kier molecular flexibility index (Phi) is 10.4. The minimum atomic E-state index is 0.453. The van der Waals surface area contributed by atoms with Crippen LogP contribution in [0.4, 0.5) is 0 Å². The molecule has 0 nitrogen and oxygen atoms in total. The molecule has 0 rings (SSSR count). The zero-order valence-electron chi connectivity index (χ0n) is 6.45. The van der Waals surface area contributed by atoms with E-state index < -0.39 is 0 Å². The fourth-order valence-corrected chi connectivity index (χ4v) is 2.34. The molecule has 0 aromatic rings. The van der Waals surface area contributed by atoms with Crippen LogP contribution >= 0.6 is 79.6 Å². The smallest absolute Gasteiger partial charge is 0.0698 e. The van der Waals surface area contributed by atoms with E-state index in [1.807, 2.05) is 0 Å². The predicted molar refractivity (Wildman–Crippen MR) is 74.5 cm³/mol. The van der Waals surface area contributed by atoms with E-state index in [1.54, 1.807) is 0 Å². The standard InChI is InChI=1S/C7H11Br5/c8-5(1-3-6(9)10)2-4-7(11)12/h5-7H,1-4H2. The van der Waals surface area contributed by atoms with Crippen molar-refractivity contribution in [3.63, 3.8) is 0 Å². The lowest BCUT2D eigenvalue weighted by Crippen LogP contribution is -2.02. The normalized spacial score (nSPS) is 12.0. The summed E-state index contributed by atoms with van der Waals surface area (Å²) in [6, 6.07) is 0. The molecule has 0 radical (unpaired) electrons. The molecule has 0 aliphatic heterocycles. The van der Waals surface area contributed by atoms with Crippen LogP contribution in [-0.4, -0.2) is 12.3 Å². The first-order chi connectivity index (χ1) is 5.52. The first-order valence-corrected chi connectivity index (χ1v) is 8.30. The molecule has 0 aromatic carbocycles. The summed E-state index contributed by atoms with van der Waals surface area (Å²) in [5, 5.41) is 0. The number of hydrogen-bond donors (Lipinski definition) is 0. The molecule has 74 valence electrons. The first-order valence-electron chi connectivity index (χ1n) is 3.72. The number of hydrogen-bond acceptors (Lipinski definition) is 0. The van der Waals surface area contributed by atoms with E-state index in [2.05, 4.69) is 79.6 Å². The fourth-order valence-electron chi connectivity index (χ4n) is 0.758. The number of alkyl halides is 5. The Hall–Kier alpha value is 2.40. The van der Waals surface area contributed by atoms with Gasteiger partial charge in [-0.25, -0.2) is 0 Å². The second kappa shape index (κ2) is 8.69. The van der Waals surface area contributed by atoms with Crippen molar-refractivity contribution in [1.29, 1.82) is 0 Å². The summed E-state index contributed by atoms with van der Waals surface area (Å²) in [5.41, 5.74) is 0. The number of halogens is 5. The average molecular weight is 495 g/mol. The summed E-state index contributed by atoms with van der Waals surface area (Å²) in [7, 11) is 0. The summed E-state index contributed by atoms with van der Waals surface area (Å²) in [4.78, 5) is 0.632. The minimum absolute atomic E-state index is 0.453. The Morgan fingerprint density at radius 2 is 0.917 bits per heavy atom. The van der Waals surface area contributed by atoms with Crippen molar-refractivity contribution in [1.82, 2.24) is 0 Å². The first kappa shape index (κ1) is 14.4. The third-order valence-electron chi connectivity index (χ3n) is 1.40. The third-order valence-corrected chi connectivity index (χ3v) is 4.14. The molecule has 0 aromatic heterocycles. The molecule has 0 fully saturated rings. The van der Waals surface area contributed by atoms with Crippen LogP contribution in [0.25, 0.3) is 0 Å². The molecule has 0 atom stereocenters. The highest BCUT2D eigenvalue weighted by molar-refractivity contribution is 9.25. The van der Waals surface area contributed by atoms with Gasteiger partial charge in [0.1, 0.15) is 0 Å². The Bertz CT molecular complexity index is 92.0. The van der Waals surface area contributed by atoms with E-state index in [9.17, 15) is 0 Å². The van der Waals surface area contributed by atoms with Crippen LogP contribution in [-0.2, 0) is 0 Å². The highest BCUT2D eigenvalue weighted by atomic mass is 79.9. The molecule has 12 heavy (non-hydrogen) atoms. The van der Waals surface area contributed by atoms with E-state index in [1.165, 1.54) is 12.8 Å². The van der Waals surface area contributed by atoms with Crippen molar-refractivity contribution in [3.05, 3.63) is 0 Å². The van der Waals surface area contributed by atoms with Gasteiger partial charge in [0.25, 0.3) is 0 Å². The topological polar surface area (TPSA) is 0 Å². The summed E-state index contributed by atoms with van der Waals surface area (Å²) in [6.45, 7) is 0. The lowest BCUT2D eigenvalue weighted by molar-refractivity contribution is 0.681. The Morgan fingerprint density at radius 1 is 0.583 bits per heavy atom. The molecule has 0 saturated heterocycles. The third kappa shape index (κ3) is 10.5. The van der Waals surface area contributed by atoms with Crippen LogP contribution in [0.1, 0.15) is 25.7 Å². The van der Waals surface area contributed by atoms with Gasteiger partial charge in [-0.2, -0.15) is 0 Å². The van der Waals surface area contributed by atoms with Crippen molar-refractivity contribution in [2.24, 2.45) is 0 Å². The molecular formula is C7H11Br5. The highest BCUT2D eigenvalue weighted by Gasteiger charge is 2.08. The van der Waals surface area contributed by atoms with Crippen molar-refractivity contribution in [2.75, 3.05) is 0 Å². The van der Waals surface area contributed by atoms with Crippen LogP contribution in [0.3, 0.4) is 0 Å². The quantitative estimate of drug-likeness (QED) is 0.425. The molecule has 0 amide bonds. The molecule has 0 N–H and O–H groups in total. The van der Waals surface area contributed by atoms with Gasteiger partial charge in [-0.05, 0) is 25.7 Å². The van der Waals surface area contributed by atoms with Crippen molar-refractivity contribution < 1.29 is 0 Å². The maximum Gasteiger partial charge on any atom is 0.0698 e. The van der Waals surface area contributed by atoms with Crippen LogP contribution in [0, 0.1) is 0 Å². The van der Waals surface area contributed by atoms with Gasteiger partial charge in [-0.3, -0.25) is 0 Å². The van der Waals surface area contributed by atoms with Crippen molar-refractivity contribution >= 4 is 79.6 Å². The molecule has 0 heterocycles. The second-order valence-electron chi connectivity index (χ2n) is 2.53. The maximum absolute atomic E-state index is 3.65. The lowest BCUT2D eigenvalue weighted by atomic mass is 10.2. The zero-order chi connectivity index (χ0) is 9.56. The van der Waals surface area contributed by atoms with E-state index in [4.69, 9.17) is 0 Å². The molecule has 0 unspecified atom stereocenters. The maximum atomic E-state index is 3.65. The van der Waals surface area contributed by atoms with Gasteiger partial charge in [-0.15, -0.1) is 0 Å². The van der Waals surface area contributed by atoms with E-state index in [0.29, 0.717) is 12.3 Å². The highest BCUT2D eigenvalue weighted by Crippen LogP contribution is 2.24. The van der Waals surface area contributed by atoms with E-state index in [-0.39, 0.29) is 0 Å². The summed E-state index contributed by atoms with van der Waals surface area (Å²) in [5.74, 6) is 0. The van der Waals surface area contributed by atoms with Crippen LogP contribution in [0.2, 0.25) is 0 Å². The molecular weight excluding hydrogens is 484 g/mol. The lowest BCUT2D eigenvalue weighted by Gasteiger charge is -2.10. The van der Waals surface area contributed by atoms with Gasteiger partial charge in [0.2, 0.25) is 0 Å². The summed E-state index contributed by atoms with van der Waals surface area (Å²) < 4.78 is 0.905. The van der Waals surface area contributed by atoms with E-state index in [0.717, 1.165) is 12.8 Å². The van der Waals surface area contributed by atoms with Crippen LogP contribution < -0.4 is 0 Å². The monoisotopic (exact) mass is 490 g/mol. The van der Waals surface area contributed by atoms with Crippen LogP contribution in [0.5, 0.6) is 0 Å². The summed E-state index contributed by atoms with van der Waals surface area (Å²) >= 11 is 17.5. The van der Waals surface area contributed by atoms with E-state index >= 15 is 0 Å². The van der Waals surface area contributed by atoms with Gasteiger partial charge in [0, 0.05) is 4.83 Å². The Morgan fingerprint density at radius 3 is 1.17 bits per heavy atom. The number of rotatable bonds is 6. The largest absolute Gasteiger partial charge is 0.0891 e. The minimum Gasteiger partial charge on any atom is -0.0891 e. The summed E-state index contributed by atoms with van der Waals surface area (Å²) in [6.07, 6.45) is 4.72. The predicted octanol–water partition coefficient (Wildman–Crippen LogP) is 5.54. The van der Waals surface area contributed by atoms with Gasteiger partial charge in [-0.1, -0.05) is 79.6 Å². The van der Waals surface area contributed by atoms with Gasteiger partial charge in [0.05, 0.1) is 7.47 Å². The van der Waals surface area contributed by atoms with Gasteiger partial charge in [0.15, 0.2) is 0 Å². The Labute approximate surface area is 116 Å². The molecule has 5 heteroatoms. The molecule has 0 saturated carbocycles. The SMILES string of the molecule is BrC(Br)CCC(Br)CCC(Br)Br. The second-order valence-corrected chi connectivity index (χ2v) is 10.7. The van der Waals surface area contributed by atoms with Crippen LogP contribution in [0.15, 0.2) is 0 Å². The molecule has 0 bridgehead atoms. The zero-order valence-corrected chi connectivity index (χ0v) is 14.4. The molecule has 0 aliphatic rings. The van der Waals surface area contributed by atoms with Gasteiger partial charge < -0.3 is 0 Å². The van der Waals surface area contributed by atoms with Gasteiger partial charge >= 0.3 is 0 Å². The molecule has 0 aliphatic carbocycles. The Balaban J connectivity index is 3.27.